The highest BCUT2D eigenvalue weighted by Gasteiger charge is 2.16. The molecule has 0 aromatic carbocycles. The van der Waals surface area contributed by atoms with Gasteiger partial charge in [-0.05, 0) is 59.7 Å². The summed E-state index contributed by atoms with van der Waals surface area (Å²) in [5.41, 5.74) is 2.33. The molecule has 2 aromatic heterocycles. The Morgan fingerprint density at radius 1 is 1.05 bits per heavy atom. The number of nitrogens with zero attached hydrogens (tertiary/aromatic N) is 2. The SMILES string of the molecule is CC(C)(C)NCc1ccc2ccn(C(C)(C)C)c2n1. The lowest BCUT2D eigenvalue weighted by Gasteiger charge is -2.23. The summed E-state index contributed by atoms with van der Waals surface area (Å²) in [7, 11) is 0. The molecule has 0 unspecified atom stereocenters. The highest BCUT2D eigenvalue weighted by Crippen LogP contribution is 2.22. The predicted molar refractivity (Wildman–Crippen MR) is 81.3 cm³/mol. The van der Waals surface area contributed by atoms with Crippen LogP contribution >= 0.6 is 0 Å². The van der Waals surface area contributed by atoms with Crippen LogP contribution in [0.25, 0.3) is 11.0 Å². The van der Waals surface area contributed by atoms with E-state index in [2.05, 4.69) is 75.8 Å². The first-order chi connectivity index (χ1) is 8.67. The summed E-state index contributed by atoms with van der Waals surface area (Å²) in [6.45, 7) is 13.9. The third-order valence-electron chi connectivity index (χ3n) is 3.12. The lowest BCUT2D eigenvalue weighted by molar-refractivity contribution is 0.406. The molecule has 0 atom stereocenters. The molecule has 19 heavy (non-hydrogen) atoms. The van der Waals surface area contributed by atoms with Crippen LogP contribution in [0.5, 0.6) is 0 Å². The fourth-order valence-electron chi connectivity index (χ4n) is 2.04. The van der Waals surface area contributed by atoms with Gasteiger partial charge < -0.3 is 9.88 Å². The maximum Gasteiger partial charge on any atom is 0.140 e. The Balaban J connectivity index is 2.34. The van der Waals surface area contributed by atoms with Crippen LogP contribution in [0.1, 0.15) is 47.2 Å². The summed E-state index contributed by atoms with van der Waals surface area (Å²) in [5, 5.41) is 4.68. The summed E-state index contributed by atoms with van der Waals surface area (Å²) in [6.07, 6.45) is 2.12. The summed E-state index contributed by atoms with van der Waals surface area (Å²) in [4.78, 5) is 4.81. The number of aromatic nitrogens is 2. The predicted octanol–water partition coefficient (Wildman–Crippen LogP) is 3.68. The maximum absolute atomic E-state index is 4.81. The minimum atomic E-state index is 0.0603. The van der Waals surface area contributed by atoms with Crippen molar-refractivity contribution in [1.29, 1.82) is 0 Å². The van der Waals surface area contributed by atoms with Crippen molar-refractivity contribution in [3.63, 3.8) is 0 Å². The Morgan fingerprint density at radius 3 is 2.32 bits per heavy atom. The van der Waals surface area contributed by atoms with Crippen molar-refractivity contribution in [2.75, 3.05) is 0 Å². The summed E-state index contributed by atoms with van der Waals surface area (Å²) >= 11 is 0. The Hall–Kier alpha value is -1.35. The number of pyridine rings is 1. The highest BCUT2D eigenvalue weighted by molar-refractivity contribution is 5.76. The number of hydrogen-bond acceptors (Lipinski definition) is 2. The molecule has 0 saturated heterocycles. The van der Waals surface area contributed by atoms with Crippen LogP contribution in [-0.2, 0) is 12.1 Å². The Bertz CT molecular complexity index is 568. The Kier molecular flexibility index (Phi) is 3.43. The molecule has 2 aromatic rings. The third-order valence-corrected chi connectivity index (χ3v) is 3.12. The van der Waals surface area contributed by atoms with Gasteiger partial charge in [-0.3, -0.25) is 0 Å². The molecule has 0 bridgehead atoms. The normalized spacial score (nSPS) is 13.2. The van der Waals surface area contributed by atoms with E-state index in [4.69, 9.17) is 4.98 Å². The van der Waals surface area contributed by atoms with Gasteiger partial charge in [-0.15, -0.1) is 0 Å². The zero-order chi connectivity index (χ0) is 14.3. The van der Waals surface area contributed by atoms with Crippen molar-refractivity contribution in [3.8, 4) is 0 Å². The number of fused-ring (bicyclic) bond motifs is 1. The lowest BCUT2D eigenvalue weighted by atomic mass is 10.1. The smallest absolute Gasteiger partial charge is 0.140 e. The second kappa shape index (κ2) is 4.64. The molecule has 3 heteroatoms. The van der Waals surface area contributed by atoms with E-state index in [0.717, 1.165) is 17.9 Å². The molecular formula is C16H25N3. The topological polar surface area (TPSA) is 29.9 Å². The standard InChI is InChI=1S/C16H25N3/c1-15(2,3)17-11-13-8-7-12-9-10-19(14(12)18-13)16(4,5)6/h7-10,17H,11H2,1-6H3. The van der Waals surface area contributed by atoms with Crippen molar-refractivity contribution in [2.45, 2.75) is 59.2 Å². The largest absolute Gasteiger partial charge is 0.327 e. The van der Waals surface area contributed by atoms with Crippen molar-refractivity contribution >= 4 is 11.0 Å². The van der Waals surface area contributed by atoms with Crippen LogP contribution in [0.3, 0.4) is 0 Å². The average Bonchev–Trinajstić information content (AvgIpc) is 2.67. The molecule has 3 nitrogen and oxygen atoms in total. The van der Waals surface area contributed by atoms with Crippen LogP contribution < -0.4 is 5.32 Å². The maximum atomic E-state index is 4.81. The van der Waals surface area contributed by atoms with Gasteiger partial charge in [-0.1, -0.05) is 0 Å². The Labute approximate surface area is 116 Å². The first kappa shape index (κ1) is 14.1. The molecule has 2 heterocycles. The van der Waals surface area contributed by atoms with Gasteiger partial charge in [0.25, 0.3) is 0 Å². The molecule has 0 aliphatic heterocycles. The average molecular weight is 259 g/mol. The van der Waals surface area contributed by atoms with Gasteiger partial charge in [-0.25, -0.2) is 4.98 Å². The van der Waals surface area contributed by atoms with E-state index in [0.29, 0.717) is 0 Å². The van der Waals surface area contributed by atoms with Gasteiger partial charge in [0.15, 0.2) is 0 Å². The highest BCUT2D eigenvalue weighted by atomic mass is 15.1. The zero-order valence-corrected chi connectivity index (χ0v) is 12.9. The van der Waals surface area contributed by atoms with E-state index in [1.165, 1.54) is 5.39 Å². The van der Waals surface area contributed by atoms with Crippen LogP contribution in [0.15, 0.2) is 24.4 Å². The van der Waals surface area contributed by atoms with Crippen LogP contribution in [-0.4, -0.2) is 15.1 Å². The van der Waals surface area contributed by atoms with Gasteiger partial charge in [0.05, 0.1) is 5.69 Å². The van der Waals surface area contributed by atoms with Gasteiger partial charge >= 0.3 is 0 Å². The number of rotatable bonds is 2. The quantitative estimate of drug-likeness (QED) is 0.891. The van der Waals surface area contributed by atoms with Crippen LogP contribution in [0, 0.1) is 0 Å². The van der Waals surface area contributed by atoms with Gasteiger partial charge in [0, 0.05) is 29.2 Å². The minimum absolute atomic E-state index is 0.0603. The molecule has 0 amide bonds. The van der Waals surface area contributed by atoms with Gasteiger partial charge in [-0.2, -0.15) is 0 Å². The molecular weight excluding hydrogens is 234 g/mol. The summed E-state index contributed by atoms with van der Waals surface area (Å²) in [6, 6.07) is 6.40. The second-order valence-electron chi connectivity index (χ2n) is 7.18. The van der Waals surface area contributed by atoms with E-state index in [1.54, 1.807) is 0 Å². The molecule has 0 spiro atoms. The molecule has 0 radical (unpaired) electrons. The van der Waals surface area contributed by atoms with Crippen molar-refractivity contribution in [1.82, 2.24) is 14.9 Å². The van der Waals surface area contributed by atoms with E-state index in [9.17, 15) is 0 Å². The van der Waals surface area contributed by atoms with Crippen molar-refractivity contribution in [2.24, 2.45) is 0 Å². The molecule has 104 valence electrons. The minimum Gasteiger partial charge on any atom is -0.327 e. The van der Waals surface area contributed by atoms with Crippen molar-refractivity contribution < 1.29 is 0 Å². The monoisotopic (exact) mass is 259 g/mol. The molecule has 0 aliphatic rings. The van der Waals surface area contributed by atoms with Crippen LogP contribution in [0.4, 0.5) is 0 Å². The first-order valence-corrected chi connectivity index (χ1v) is 6.89. The van der Waals surface area contributed by atoms with Gasteiger partial charge in [0.1, 0.15) is 5.65 Å². The third kappa shape index (κ3) is 3.35. The fraction of sp³-hybridized carbons (Fsp3) is 0.562. The molecule has 0 saturated carbocycles. The van der Waals surface area contributed by atoms with E-state index in [-0.39, 0.29) is 11.1 Å². The number of hydrogen-bond donors (Lipinski definition) is 1. The second-order valence-corrected chi connectivity index (χ2v) is 7.18. The summed E-state index contributed by atoms with van der Waals surface area (Å²) < 4.78 is 2.24. The van der Waals surface area contributed by atoms with E-state index < -0.39 is 0 Å². The fourth-order valence-corrected chi connectivity index (χ4v) is 2.04. The van der Waals surface area contributed by atoms with Crippen LogP contribution in [0.2, 0.25) is 0 Å². The van der Waals surface area contributed by atoms with Gasteiger partial charge in [0.2, 0.25) is 0 Å². The molecule has 2 rings (SSSR count). The number of nitrogens with one attached hydrogen (secondary N) is 1. The first-order valence-electron chi connectivity index (χ1n) is 6.89. The molecule has 0 aliphatic carbocycles. The lowest BCUT2D eigenvalue weighted by Crippen LogP contribution is -2.35. The van der Waals surface area contributed by atoms with Crippen molar-refractivity contribution in [3.05, 3.63) is 30.1 Å². The molecule has 0 fully saturated rings. The van der Waals surface area contributed by atoms with E-state index in [1.807, 2.05) is 0 Å². The Morgan fingerprint density at radius 2 is 1.74 bits per heavy atom. The van der Waals surface area contributed by atoms with E-state index >= 15 is 0 Å². The summed E-state index contributed by atoms with van der Waals surface area (Å²) in [5.74, 6) is 0. The zero-order valence-electron chi connectivity index (χ0n) is 12.9. The molecule has 1 N–H and O–H groups in total.